The molecule has 0 aliphatic heterocycles. The first-order valence-electron chi connectivity index (χ1n) is 18.8. The predicted octanol–water partition coefficient (Wildman–Crippen LogP) is 13.4. The summed E-state index contributed by atoms with van der Waals surface area (Å²) < 4.78 is 50.1. The van der Waals surface area contributed by atoms with E-state index < -0.39 is 0 Å². The third-order valence-corrected chi connectivity index (χ3v) is 9.37. The van der Waals surface area contributed by atoms with Crippen molar-refractivity contribution in [1.29, 1.82) is 0 Å². The molecule has 240 valence electrons. The molecule has 0 atom stereocenters. The summed E-state index contributed by atoms with van der Waals surface area (Å²) in [5.74, 6) is 0.495. The van der Waals surface area contributed by atoms with Crippen LogP contribution in [0.15, 0.2) is 191 Å². The van der Waals surface area contributed by atoms with E-state index in [1.807, 2.05) is 163 Å². The Balaban J connectivity index is 1.22. The third kappa shape index (κ3) is 5.04. The van der Waals surface area contributed by atoms with Gasteiger partial charge in [-0.25, -0.2) is 4.98 Å². The summed E-state index contributed by atoms with van der Waals surface area (Å²) in [6.45, 7) is 0. The summed E-state index contributed by atoms with van der Waals surface area (Å²) in [5, 5.41) is 3.54. The molecular formula is C47H30N2O2. The number of nitrogens with zero attached hydrogens (tertiary/aromatic N) is 2. The molecule has 0 fully saturated rings. The van der Waals surface area contributed by atoms with Gasteiger partial charge in [-0.3, -0.25) is 0 Å². The Morgan fingerprint density at radius 1 is 0.490 bits per heavy atom. The fraction of sp³-hybridized carbons (Fsp3) is 0. The van der Waals surface area contributed by atoms with Gasteiger partial charge in [0.1, 0.15) is 16.7 Å². The normalized spacial score (nSPS) is 12.6. The van der Waals surface area contributed by atoms with Crippen LogP contribution in [0.1, 0.15) is 5.48 Å². The van der Waals surface area contributed by atoms with E-state index in [1.165, 1.54) is 0 Å². The van der Waals surface area contributed by atoms with Crippen LogP contribution in [-0.2, 0) is 0 Å². The molecule has 0 unspecified atom stereocenters. The molecular weight excluding hydrogens is 625 g/mol. The molecule has 0 radical (unpaired) electrons. The molecule has 0 aliphatic carbocycles. The minimum Gasteiger partial charge on any atom is -0.456 e. The van der Waals surface area contributed by atoms with Crippen LogP contribution >= 0.6 is 0 Å². The van der Waals surface area contributed by atoms with Crippen molar-refractivity contribution >= 4 is 60.9 Å². The van der Waals surface area contributed by atoms with Gasteiger partial charge in [-0.05, 0) is 93.6 Å². The molecule has 0 N–H and O–H groups in total. The molecule has 4 nitrogen and oxygen atoms in total. The monoisotopic (exact) mass is 658 g/mol. The average molecular weight is 659 g/mol. The van der Waals surface area contributed by atoms with E-state index in [4.69, 9.17) is 16.6 Å². The standard InChI is InChI=1S/C47H30N2O2/c1-2-12-31(13-3-1)33-16-8-18-35(28-33)49(36-19-9-17-34(29-36)39-21-10-15-32-14-4-5-20-38(32)39)37-26-27-40-45(30-37)50-44-25-11-22-41(46(40)44)47-48-42-23-6-7-24-43(42)51-47/h1-30H/i9D,17D,19D,29D. The van der Waals surface area contributed by atoms with E-state index in [1.54, 1.807) is 0 Å². The molecule has 8 aromatic carbocycles. The fourth-order valence-electron chi connectivity index (χ4n) is 7.01. The molecule has 0 aliphatic rings. The molecule has 0 spiro atoms. The number of fused-ring (bicyclic) bond motifs is 5. The predicted molar refractivity (Wildman–Crippen MR) is 210 cm³/mol. The van der Waals surface area contributed by atoms with E-state index in [2.05, 4.69) is 0 Å². The van der Waals surface area contributed by atoms with Crippen LogP contribution in [0.4, 0.5) is 17.1 Å². The molecule has 0 saturated heterocycles. The van der Waals surface area contributed by atoms with Gasteiger partial charge in [0.2, 0.25) is 5.89 Å². The van der Waals surface area contributed by atoms with Crippen LogP contribution < -0.4 is 4.90 Å². The Morgan fingerprint density at radius 2 is 1.24 bits per heavy atom. The molecule has 2 heterocycles. The van der Waals surface area contributed by atoms with Crippen LogP contribution in [0, 0.1) is 0 Å². The van der Waals surface area contributed by atoms with Crippen molar-refractivity contribution < 1.29 is 14.3 Å². The second-order valence-electron chi connectivity index (χ2n) is 12.5. The number of anilines is 3. The maximum absolute atomic E-state index is 9.80. The lowest BCUT2D eigenvalue weighted by molar-refractivity contribution is 0.620. The topological polar surface area (TPSA) is 42.4 Å². The maximum atomic E-state index is 9.80. The van der Waals surface area contributed by atoms with E-state index in [0.29, 0.717) is 45.1 Å². The van der Waals surface area contributed by atoms with Gasteiger partial charge in [0.25, 0.3) is 0 Å². The second-order valence-corrected chi connectivity index (χ2v) is 12.5. The highest BCUT2D eigenvalue weighted by Gasteiger charge is 2.20. The summed E-state index contributed by atoms with van der Waals surface area (Å²) >= 11 is 0. The van der Waals surface area contributed by atoms with Crippen LogP contribution in [0.2, 0.25) is 0 Å². The number of hydrogen-bond acceptors (Lipinski definition) is 4. The van der Waals surface area contributed by atoms with E-state index in [-0.39, 0.29) is 29.9 Å². The Labute approximate surface area is 300 Å². The van der Waals surface area contributed by atoms with Crippen molar-refractivity contribution in [1.82, 2.24) is 4.98 Å². The zero-order chi connectivity index (χ0) is 37.2. The van der Waals surface area contributed by atoms with Crippen LogP contribution in [-0.4, -0.2) is 4.98 Å². The summed E-state index contributed by atoms with van der Waals surface area (Å²) in [4.78, 5) is 6.62. The maximum Gasteiger partial charge on any atom is 0.228 e. The van der Waals surface area contributed by atoms with Crippen molar-refractivity contribution in [3.63, 3.8) is 0 Å². The van der Waals surface area contributed by atoms with Crippen LogP contribution in [0.25, 0.3) is 77.5 Å². The number of para-hydroxylation sites is 2. The first-order chi connectivity index (χ1) is 26.9. The second kappa shape index (κ2) is 11.9. The van der Waals surface area contributed by atoms with Gasteiger partial charge in [0, 0.05) is 39.5 Å². The molecule has 0 amide bonds. The van der Waals surface area contributed by atoms with Crippen LogP contribution in [0.3, 0.4) is 0 Å². The van der Waals surface area contributed by atoms with Crippen molar-refractivity contribution in [3.05, 3.63) is 182 Å². The number of hydrogen-bond donors (Lipinski definition) is 0. The quantitative estimate of drug-likeness (QED) is 0.178. The van der Waals surface area contributed by atoms with Crippen molar-refractivity contribution in [2.75, 3.05) is 4.90 Å². The largest absolute Gasteiger partial charge is 0.456 e. The van der Waals surface area contributed by atoms with Gasteiger partial charge >= 0.3 is 0 Å². The molecule has 51 heavy (non-hydrogen) atoms. The van der Waals surface area contributed by atoms with E-state index in [9.17, 15) is 2.74 Å². The van der Waals surface area contributed by atoms with Gasteiger partial charge in [-0.2, -0.15) is 0 Å². The van der Waals surface area contributed by atoms with Crippen molar-refractivity contribution in [3.8, 4) is 33.7 Å². The van der Waals surface area contributed by atoms with E-state index in [0.717, 1.165) is 43.8 Å². The number of benzene rings is 8. The number of aromatic nitrogens is 1. The summed E-state index contributed by atoms with van der Waals surface area (Å²) in [6.07, 6.45) is 0. The smallest absolute Gasteiger partial charge is 0.228 e. The summed E-state index contributed by atoms with van der Waals surface area (Å²) in [5.41, 5.74) is 7.96. The molecule has 2 aromatic heterocycles. The minimum absolute atomic E-state index is 0.0181. The number of oxazole rings is 1. The van der Waals surface area contributed by atoms with Gasteiger partial charge in [-0.1, -0.05) is 115 Å². The highest BCUT2D eigenvalue weighted by atomic mass is 16.3. The van der Waals surface area contributed by atoms with Crippen LogP contribution in [0.5, 0.6) is 0 Å². The first-order valence-corrected chi connectivity index (χ1v) is 16.8. The van der Waals surface area contributed by atoms with Crippen molar-refractivity contribution in [2.24, 2.45) is 0 Å². The lowest BCUT2D eigenvalue weighted by Crippen LogP contribution is -2.10. The summed E-state index contributed by atoms with van der Waals surface area (Å²) in [6, 6.07) is 50.3. The van der Waals surface area contributed by atoms with Crippen molar-refractivity contribution in [2.45, 2.75) is 0 Å². The zero-order valence-electron chi connectivity index (χ0n) is 31.2. The lowest BCUT2D eigenvalue weighted by Gasteiger charge is -2.26. The Kier molecular flexibility index (Phi) is 5.86. The Hall–Kier alpha value is -6.91. The molecule has 4 heteroatoms. The fourth-order valence-corrected chi connectivity index (χ4v) is 7.01. The molecule has 0 bridgehead atoms. The minimum atomic E-state index is -0.258. The Bertz CT molecular complexity index is 3080. The average Bonchev–Trinajstić information content (AvgIpc) is 3.84. The van der Waals surface area contributed by atoms with E-state index >= 15 is 0 Å². The van der Waals surface area contributed by atoms with Gasteiger partial charge in [0.05, 0.1) is 5.48 Å². The zero-order valence-corrected chi connectivity index (χ0v) is 27.2. The summed E-state index contributed by atoms with van der Waals surface area (Å²) in [7, 11) is 0. The highest BCUT2D eigenvalue weighted by Crippen LogP contribution is 2.43. The number of rotatable bonds is 6. The van der Waals surface area contributed by atoms with Gasteiger partial charge in [0.15, 0.2) is 5.58 Å². The SMILES string of the molecule is [2H]c1c([2H])c(-c2cccc3ccccc23)c([2H])c(N(c2cccc(-c3ccccc3)c2)c2ccc3c(c2)oc2cccc(-c4nc5ccccc5o4)c23)c1[2H]. The lowest BCUT2D eigenvalue weighted by atomic mass is 9.97. The number of furan rings is 1. The molecule has 0 saturated carbocycles. The molecule has 10 rings (SSSR count). The Morgan fingerprint density at radius 3 is 2.18 bits per heavy atom. The van der Waals surface area contributed by atoms with Gasteiger partial charge in [-0.15, -0.1) is 0 Å². The highest BCUT2D eigenvalue weighted by molar-refractivity contribution is 6.12. The van der Waals surface area contributed by atoms with Gasteiger partial charge < -0.3 is 13.7 Å². The third-order valence-electron chi connectivity index (χ3n) is 9.37. The molecule has 10 aromatic rings. The first kappa shape index (κ1) is 25.1.